The van der Waals surface area contributed by atoms with Crippen LogP contribution in [0, 0.1) is 0 Å². The Balaban J connectivity index is 2.09. The molecule has 0 unspecified atom stereocenters. The smallest absolute Gasteiger partial charge is 0.0711 e. The largest absolute Gasteiger partial charge is 0.252 e. The van der Waals surface area contributed by atoms with Crippen LogP contribution in [0.1, 0.15) is 79.1 Å². The molecule has 158 valence electrons. The molecule has 30 heavy (non-hydrogen) atoms. The molecule has 0 spiro atoms. The van der Waals surface area contributed by atoms with Crippen molar-refractivity contribution in [2.45, 2.75) is 78.6 Å². The first kappa shape index (κ1) is 22.3. The SMILES string of the molecule is CC(C)(C)c1ccc(-c2cc(-c3ccc(C(C)(C)C)cc3)nc(C(C)(C)C)c2)cc1. The van der Waals surface area contributed by atoms with Gasteiger partial charge in [0.15, 0.2) is 0 Å². The maximum atomic E-state index is 5.05. The second kappa shape index (κ2) is 7.69. The molecule has 1 aromatic heterocycles. The first-order valence-corrected chi connectivity index (χ1v) is 11.0. The Bertz CT molecular complexity index is 927. The van der Waals surface area contributed by atoms with E-state index < -0.39 is 0 Å². The number of benzene rings is 2. The first-order valence-electron chi connectivity index (χ1n) is 11.0. The van der Waals surface area contributed by atoms with Crippen molar-refractivity contribution >= 4 is 0 Å². The van der Waals surface area contributed by atoms with E-state index in [9.17, 15) is 0 Å². The fourth-order valence-electron chi connectivity index (χ4n) is 3.53. The van der Waals surface area contributed by atoms with Gasteiger partial charge in [0.1, 0.15) is 0 Å². The highest BCUT2D eigenvalue weighted by Gasteiger charge is 2.19. The topological polar surface area (TPSA) is 12.9 Å². The predicted molar refractivity (Wildman–Crippen MR) is 131 cm³/mol. The van der Waals surface area contributed by atoms with E-state index in [1.54, 1.807) is 0 Å². The summed E-state index contributed by atoms with van der Waals surface area (Å²) in [6.07, 6.45) is 0. The molecule has 0 atom stereocenters. The molecule has 0 aliphatic carbocycles. The Morgan fingerprint density at radius 3 is 1.30 bits per heavy atom. The highest BCUT2D eigenvalue weighted by atomic mass is 14.7. The molecule has 3 aromatic rings. The minimum atomic E-state index is -0.0124. The monoisotopic (exact) mass is 399 g/mol. The minimum Gasteiger partial charge on any atom is -0.252 e. The summed E-state index contributed by atoms with van der Waals surface area (Å²) < 4.78 is 0. The van der Waals surface area contributed by atoms with Crippen molar-refractivity contribution in [2.75, 3.05) is 0 Å². The zero-order valence-corrected chi connectivity index (χ0v) is 20.2. The van der Waals surface area contributed by atoms with E-state index in [-0.39, 0.29) is 16.2 Å². The number of rotatable bonds is 2. The van der Waals surface area contributed by atoms with Crippen LogP contribution in [0.15, 0.2) is 60.7 Å². The molecule has 1 heteroatoms. The van der Waals surface area contributed by atoms with Crippen LogP contribution in [-0.2, 0) is 16.2 Å². The number of pyridine rings is 1. The van der Waals surface area contributed by atoms with Gasteiger partial charge in [0.05, 0.1) is 5.69 Å². The fourth-order valence-corrected chi connectivity index (χ4v) is 3.53. The molecule has 0 saturated heterocycles. The average Bonchev–Trinajstić information content (AvgIpc) is 2.66. The summed E-state index contributed by atoms with van der Waals surface area (Å²) in [7, 11) is 0. The standard InChI is InChI=1S/C29H37N/c1-27(2,3)23-14-10-20(11-15-23)22-18-25(30-26(19-22)29(7,8)9)21-12-16-24(17-13-21)28(4,5)6/h10-19H,1-9H3. The molecule has 2 aromatic carbocycles. The minimum absolute atomic E-state index is 0.0124. The van der Waals surface area contributed by atoms with Crippen LogP contribution >= 0.6 is 0 Å². The molecule has 0 N–H and O–H groups in total. The lowest BCUT2D eigenvalue weighted by atomic mass is 9.85. The van der Waals surface area contributed by atoms with E-state index in [0.29, 0.717) is 0 Å². The van der Waals surface area contributed by atoms with Crippen LogP contribution in [0.4, 0.5) is 0 Å². The maximum absolute atomic E-state index is 5.05. The highest BCUT2D eigenvalue weighted by Crippen LogP contribution is 2.33. The second-order valence-corrected chi connectivity index (χ2v) is 11.5. The van der Waals surface area contributed by atoms with Crippen LogP contribution in [0.2, 0.25) is 0 Å². The lowest BCUT2D eigenvalue weighted by molar-refractivity contribution is 0.570. The van der Waals surface area contributed by atoms with Gasteiger partial charge in [-0.15, -0.1) is 0 Å². The Labute approximate surface area is 183 Å². The van der Waals surface area contributed by atoms with Gasteiger partial charge in [-0.1, -0.05) is 111 Å². The highest BCUT2D eigenvalue weighted by molar-refractivity contribution is 5.72. The van der Waals surface area contributed by atoms with E-state index in [1.165, 1.54) is 27.8 Å². The van der Waals surface area contributed by atoms with Crippen molar-refractivity contribution in [3.05, 3.63) is 77.5 Å². The number of hydrogen-bond donors (Lipinski definition) is 0. The van der Waals surface area contributed by atoms with E-state index in [2.05, 4.69) is 123 Å². The van der Waals surface area contributed by atoms with Crippen molar-refractivity contribution in [1.82, 2.24) is 4.98 Å². The quantitative estimate of drug-likeness (QED) is 0.422. The Hall–Kier alpha value is -2.41. The van der Waals surface area contributed by atoms with Gasteiger partial charge in [0.25, 0.3) is 0 Å². The molecule has 0 saturated carbocycles. The zero-order valence-electron chi connectivity index (χ0n) is 20.2. The summed E-state index contributed by atoms with van der Waals surface area (Å²) in [6, 6.07) is 22.4. The first-order chi connectivity index (χ1) is 13.7. The average molecular weight is 400 g/mol. The van der Waals surface area contributed by atoms with Gasteiger partial charge >= 0.3 is 0 Å². The number of nitrogens with zero attached hydrogens (tertiary/aromatic N) is 1. The maximum Gasteiger partial charge on any atom is 0.0711 e. The van der Waals surface area contributed by atoms with E-state index in [0.717, 1.165) is 11.4 Å². The van der Waals surface area contributed by atoms with Crippen LogP contribution in [0.25, 0.3) is 22.4 Å². The fraction of sp³-hybridized carbons (Fsp3) is 0.414. The third-order valence-electron chi connectivity index (χ3n) is 5.72. The Morgan fingerprint density at radius 1 is 0.467 bits per heavy atom. The number of aromatic nitrogens is 1. The molecular formula is C29H37N. The molecule has 0 bridgehead atoms. The molecule has 1 heterocycles. The third-order valence-corrected chi connectivity index (χ3v) is 5.72. The summed E-state index contributed by atoms with van der Waals surface area (Å²) in [5.41, 5.74) is 8.79. The van der Waals surface area contributed by atoms with Crippen molar-refractivity contribution in [3.63, 3.8) is 0 Å². The molecule has 0 amide bonds. The summed E-state index contributed by atoms with van der Waals surface area (Å²) >= 11 is 0. The molecule has 0 radical (unpaired) electrons. The molecule has 0 aliphatic heterocycles. The van der Waals surface area contributed by atoms with E-state index >= 15 is 0 Å². The van der Waals surface area contributed by atoms with Gasteiger partial charge in [-0.25, -0.2) is 0 Å². The zero-order chi connectivity index (χ0) is 22.3. The molecule has 0 aliphatic rings. The van der Waals surface area contributed by atoms with Gasteiger partial charge in [-0.05, 0) is 45.2 Å². The van der Waals surface area contributed by atoms with Crippen molar-refractivity contribution in [3.8, 4) is 22.4 Å². The molecule has 3 rings (SSSR count). The van der Waals surface area contributed by atoms with Gasteiger partial charge in [-0.2, -0.15) is 0 Å². The van der Waals surface area contributed by atoms with Crippen LogP contribution in [-0.4, -0.2) is 4.98 Å². The van der Waals surface area contributed by atoms with Gasteiger partial charge in [-0.3, -0.25) is 4.98 Å². The lowest BCUT2D eigenvalue weighted by Gasteiger charge is -2.22. The van der Waals surface area contributed by atoms with E-state index in [1.807, 2.05) is 0 Å². The van der Waals surface area contributed by atoms with E-state index in [4.69, 9.17) is 4.98 Å². The second-order valence-electron chi connectivity index (χ2n) is 11.5. The summed E-state index contributed by atoms with van der Waals surface area (Å²) in [6.45, 7) is 20.2. The van der Waals surface area contributed by atoms with Crippen LogP contribution in [0.3, 0.4) is 0 Å². The van der Waals surface area contributed by atoms with Crippen LogP contribution in [0.5, 0.6) is 0 Å². The van der Waals surface area contributed by atoms with Gasteiger partial charge in [0.2, 0.25) is 0 Å². The van der Waals surface area contributed by atoms with Crippen LogP contribution < -0.4 is 0 Å². The third kappa shape index (κ3) is 5.01. The molecule has 0 fully saturated rings. The molecular weight excluding hydrogens is 362 g/mol. The van der Waals surface area contributed by atoms with Gasteiger partial charge < -0.3 is 0 Å². The van der Waals surface area contributed by atoms with Gasteiger partial charge in [0, 0.05) is 16.7 Å². The number of hydrogen-bond acceptors (Lipinski definition) is 1. The Morgan fingerprint density at radius 2 is 0.900 bits per heavy atom. The normalized spacial score (nSPS) is 12.8. The molecule has 1 nitrogen and oxygen atoms in total. The lowest BCUT2D eigenvalue weighted by Crippen LogP contribution is -2.14. The van der Waals surface area contributed by atoms with Crippen molar-refractivity contribution in [2.24, 2.45) is 0 Å². The summed E-state index contributed by atoms with van der Waals surface area (Å²) in [5.74, 6) is 0. The predicted octanol–water partition coefficient (Wildman–Crippen LogP) is 8.31. The Kier molecular flexibility index (Phi) is 5.71. The summed E-state index contributed by atoms with van der Waals surface area (Å²) in [5, 5.41) is 0. The van der Waals surface area contributed by atoms with Crippen molar-refractivity contribution < 1.29 is 0 Å². The summed E-state index contributed by atoms with van der Waals surface area (Å²) in [4.78, 5) is 5.05. The van der Waals surface area contributed by atoms with Crippen molar-refractivity contribution in [1.29, 1.82) is 0 Å².